The average Bonchev–Trinajstić information content (AvgIpc) is 3.06. The number of carbonyl (C=O) groups is 1. The molecule has 24 heavy (non-hydrogen) atoms. The molecule has 1 heterocycles. The van der Waals surface area contributed by atoms with E-state index in [1.165, 1.54) is 12.8 Å². The molecule has 5 heteroatoms. The Morgan fingerprint density at radius 3 is 2.92 bits per heavy atom. The van der Waals surface area contributed by atoms with Crippen LogP contribution in [0.4, 0.5) is 0 Å². The standard InChI is InChI=1S/C19H23ClN2OS/c1-2-22-11-5-8-15(22)12-21-18(23)13-24-17-10-4-7-14-6-3-9-16(20)19(14)17/h3-4,6-7,9-10,15H,2,5,8,11-13H2,1H3,(H,21,23). The van der Waals surface area contributed by atoms with Gasteiger partial charge in [0.2, 0.25) is 5.91 Å². The summed E-state index contributed by atoms with van der Waals surface area (Å²) in [5.74, 6) is 0.510. The lowest BCUT2D eigenvalue weighted by Crippen LogP contribution is -2.40. The zero-order valence-corrected chi connectivity index (χ0v) is 15.5. The number of thioether (sulfide) groups is 1. The molecule has 0 bridgehead atoms. The van der Waals surface area contributed by atoms with Gasteiger partial charge in [0.15, 0.2) is 0 Å². The van der Waals surface area contributed by atoms with Crippen molar-refractivity contribution in [2.75, 3.05) is 25.4 Å². The van der Waals surface area contributed by atoms with Crippen LogP contribution in [0, 0.1) is 0 Å². The fourth-order valence-electron chi connectivity index (χ4n) is 3.35. The molecule has 3 rings (SSSR count). The van der Waals surface area contributed by atoms with Gasteiger partial charge < -0.3 is 5.32 Å². The molecule has 1 saturated heterocycles. The summed E-state index contributed by atoms with van der Waals surface area (Å²) in [5, 5.41) is 5.97. The minimum Gasteiger partial charge on any atom is -0.354 e. The lowest BCUT2D eigenvalue weighted by atomic mass is 10.1. The van der Waals surface area contributed by atoms with Crippen LogP contribution in [0.3, 0.4) is 0 Å². The first-order chi connectivity index (χ1) is 11.7. The summed E-state index contributed by atoms with van der Waals surface area (Å²) in [7, 11) is 0. The third kappa shape index (κ3) is 4.05. The highest BCUT2D eigenvalue weighted by molar-refractivity contribution is 8.00. The fraction of sp³-hybridized carbons (Fsp3) is 0.421. The van der Waals surface area contributed by atoms with Crippen LogP contribution in [0.15, 0.2) is 41.3 Å². The van der Waals surface area contributed by atoms with E-state index < -0.39 is 0 Å². The lowest BCUT2D eigenvalue weighted by molar-refractivity contribution is -0.118. The van der Waals surface area contributed by atoms with Crippen molar-refractivity contribution in [3.05, 3.63) is 41.4 Å². The van der Waals surface area contributed by atoms with E-state index in [2.05, 4.69) is 17.1 Å². The maximum absolute atomic E-state index is 12.2. The van der Waals surface area contributed by atoms with Crippen LogP contribution >= 0.6 is 23.4 Å². The van der Waals surface area contributed by atoms with Crippen molar-refractivity contribution < 1.29 is 4.79 Å². The summed E-state index contributed by atoms with van der Waals surface area (Å²) in [6.45, 7) is 5.15. The van der Waals surface area contributed by atoms with Gasteiger partial charge in [-0.15, -0.1) is 11.8 Å². The molecule has 0 aliphatic carbocycles. The second-order valence-corrected chi connectivity index (χ2v) is 7.54. The molecule has 0 radical (unpaired) electrons. The van der Waals surface area contributed by atoms with E-state index in [0.717, 1.165) is 40.3 Å². The Balaban J connectivity index is 1.57. The number of hydrogen-bond acceptors (Lipinski definition) is 3. The summed E-state index contributed by atoms with van der Waals surface area (Å²) in [6.07, 6.45) is 2.41. The molecule has 0 spiro atoms. The SMILES string of the molecule is CCN1CCCC1CNC(=O)CSc1cccc2cccc(Cl)c12. The van der Waals surface area contributed by atoms with Gasteiger partial charge in [-0.2, -0.15) is 0 Å². The second kappa shape index (κ2) is 8.24. The van der Waals surface area contributed by atoms with Crippen molar-refractivity contribution in [2.45, 2.75) is 30.7 Å². The maximum atomic E-state index is 12.2. The number of nitrogens with one attached hydrogen (secondary N) is 1. The molecule has 0 aromatic heterocycles. The molecule has 2 aromatic rings. The highest BCUT2D eigenvalue weighted by Crippen LogP contribution is 2.33. The predicted octanol–water partition coefficient (Wildman–Crippen LogP) is 4.19. The zero-order valence-electron chi connectivity index (χ0n) is 13.9. The molecule has 3 nitrogen and oxygen atoms in total. The van der Waals surface area contributed by atoms with Gasteiger partial charge in [0.1, 0.15) is 0 Å². The first-order valence-corrected chi connectivity index (χ1v) is 9.86. The summed E-state index contributed by atoms with van der Waals surface area (Å²) >= 11 is 7.89. The third-order valence-corrected chi connectivity index (χ3v) is 5.99. The van der Waals surface area contributed by atoms with Gasteiger partial charge in [0.05, 0.1) is 5.75 Å². The van der Waals surface area contributed by atoms with Gasteiger partial charge in [0.25, 0.3) is 0 Å². The number of carbonyl (C=O) groups excluding carboxylic acids is 1. The number of likely N-dealkylation sites (N-methyl/N-ethyl adjacent to an activating group) is 1. The van der Waals surface area contributed by atoms with Gasteiger partial charge in [0, 0.05) is 27.9 Å². The number of hydrogen-bond donors (Lipinski definition) is 1. The van der Waals surface area contributed by atoms with Crippen molar-refractivity contribution in [3.63, 3.8) is 0 Å². The topological polar surface area (TPSA) is 32.3 Å². The Bertz CT molecular complexity index is 716. The molecule has 1 N–H and O–H groups in total. The minimum absolute atomic E-state index is 0.0898. The number of fused-ring (bicyclic) bond motifs is 1. The van der Waals surface area contributed by atoms with E-state index in [0.29, 0.717) is 11.8 Å². The largest absolute Gasteiger partial charge is 0.354 e. The van der Waals surface area contributed by atoms with E-state index in [-0.39, 0.29) is 5.91 Å². The Kier molecular flexibility index (Phi) is 6.04. The number of amides is 1. The second-order valence-electron chi connectivity index (χ2n) is 6.11. The van der Waals surface area contributed by atoms with E-state index in [9.17, 15) is 4.79 Å². The Morgan fingerprint density at radius 2 is 2.12 bits per heavy atom. The van der Waals surface area contributed by atoms with Crippen molar-refractivity contribution in [1.82, 2.24) is 10.2 Å². The number of nitrogens with zero attached hydrogens (tertiary/aromatic N) is 1. The van der Waals surface area contributed by atoms with Crippen LogP contribution < -0.4 is 5.32 Å². The molecule has 1 amide bonds. The van der Waals surface area contributed by atoms with Crippen LogP contribution in [-0.2, 0) is 4.79 Å². The van der Waals surface area contributed by atoms with Gasteiger partial charge in [-0.1, -0.05) is 42.8 Å². The molecule has 1 atom stereocenters. The van der Waals surface area contributed by atoms with Crippen LogP contribution in [0.2, 0.25) is 5.02 Å². The fourth-order valence-corrected chi connectivity index (χ4v) is 4.63. The van der Waals surface area contributed by atoms with Crippen molar-refractivity contribution in [1.29, 1.82) is 0 Å². The molecule has 1 aliphatic rings. The van der Waals surface area contributed by atoms with Gasteiger partial charge in [-0.25, -0.2) is 0 Å². The number of halogens is 1. The third-order valence-electron chi connectivity index (χ3n) is 4.61. The van der Waals surface area contributed by atoms with E-state index >= 15 is 0 Å². The molecular formula is C19H23ClN2OS. The van der Waals surface area contributed by atoms with Crippen molar-refractivity contribution in [2.24, 2.45) is 0 Å². The first kappa shape index (κ1) is 17.6. The van der Waals surface area contributed by atoms with Crippen LogP contribution in [0.1, 0.15) is 19.8 Å². The molecular weight excluding hydrogens is 340 g/mol. The monoisotopic (exact) mass is 362 g/mol. The van der Waals surface area contributed by atoms with Crippen LogP contribution in [-0.4, -0.2) is 42.2 Å². The van der Waals surface area contributed by atoms with E-state index in [1.54, 1.807) is 11.8 Å². The Morgan fingerprint density at radius 1 is 1.33 bits per heavy atom. The Labute approximate surface area is 152 Å². The molecule has 128 valence electrons. The van der Waals surface area contributed by atoms with Crippen LogP contribution in [0.5, 0.6) is 0 Å². The summed E-state index contributed by atoms with van der Waals surface area (Å²) in [6, 6.07) is 12.5. The minimum atomic E-state index is 0.0898. The molecule has 1 fully saturated rings. The first-order valence-electron chi connectivity index (χ1n) is 8.50. The predicted molar refractivity (Wildman–Crippen MR) is 103 cm³/mol. The quantitative estimate of drug-likeness (QED) is 0.782. The molecule has 1 aliphatic heterocycles. The maximum Gasteiger partial charge on any atom is 0.230 e. The number of rotatable bonds is 6. The van der Waals surface area contributed by atoms with E-state index in [4.69, 9.17) is 11.6 Å². The van der Waals surface area contributed by atoms with Gasteiger partial charge >= 0.3 is 0 Å². The normalized spacial score (nSPS) is 18.2. The number of likely N-dealkylation sites (tertiary alicyclic amines) is 1. The van der Waals surface area contributed by atoms with E-state index in [1.807, 2.05) is 36.4 Å². The van der Waals surface area contributed by atoms with Crippen molar-refractivity contribution in [3.8, 4) is 0 Å². The smallest absolute Gasteiger partial charge is 0.230 e. The highest BCUT2D eigenvalue weighted by Gasteiger charge is 2.23. The molecule has 0 saturated carbocycles. The number of benzene rings is 2. The zero-order chi connectivity index (χ0) is 16.9. The molecule has 2 aromatic carbocycles. The van der Waals surface area contributed by atoms with Crippen LogP contribution in [0.25, 0.3) is 10.8 Å². The summed E-state index contributed by atoms with van der Waals surface area (Å²) in [4.78, 5) is 15.7. The van der Waals surface area contributed by atoms with Crippen molar-refractivity contribution >= 4 is 40.0 Å². The van der Waals surface area contributed by atoms with Gasteiger partial charge in [-0.05, 0) is 43.5 Å². The summed E-state index contributed by atoms with van der Waals surface area (Å²) in [5.41, 5.74) is 0. The van der Waals surface area contributed by atoms with Gasteiger partial charge in [-0.3, -0.25) is 9.69 Å². The lowest BCUT2D eigenvalue weighted by Gasteiger charge is -2.22. The Hall–Kier alpha value is -1.23. The summed E-state index contributed by atoms with van der Waals surface area (Å²) < 4.78 is 0. The molecule has 1 unspecified atom stereocenters. The average molecular weight is 363 g/mol. The highest BCUT2D eigenvalue weighted by atomic mass is 35.5.